The smallest absolute Gasteiger partial charge is 0.238 e. The molecule has 0 bridgehead atoms. The van der Waals surface area contributed by atoms with Crippen molar-refractivity contribution in [1.82, 2.24) is 10.3 Å². The summed E-state index contributed by atoms with van der Waals surface area (Å²) in [6.07, 6.45) is 3.51. The van der Waals surface area contributed by atoms with E-state index in [-0.39, 0.29) is 18.5 Å². The number of benzene rings is 1. The summed E-state index contributed by atoms with van der Waals surface area (Å²) in [6, 6.07) is 10.9. The first-order valence-corrected chi connectivity index (χ1v) is 6.71. The quantitative estimate of drug-likeness (QED) is 0.889. The largest absolute Gasteiger partial charge is 0.325 e. The van der Waals surface area contributed by atoms with Crippen molar-refractivity contribution < 1.29 is 4.79 Å². The second-order valence-corrected chi connectivity index (χ2v) is 4.88. The van der Waals surface area contributed by atoms with E-state index >= 15 is 0 Å². The van der Waals surface area contributed by atoms with Gasteiger partial charge in [0, 0.05) is 29.1 Å². The third-order valence-electron chi connectivity index (χ3n) is 2.88. The predicted octanol–water partition coefficient (Wildman–Crippen LogP) is 3.02. The Labute approximate surface area is 123 Å². The zero-order chi connectivity index (χ0) is 14.4. The highest BCUT2D eigenvalue weighted by atomic mass is 35.5. The van der Waals surface area contributed by atoms with Gasteiger partial charge >= 0.3 is 0 Å². The van der Waals surface area contributed by atoms with Gasteiger partial charge in [0.15, 0.2) is 0 Å². The minimum Gasteiger partial charge on any atom is -0.325 e. The standard InChI is InChI=1S/C15H16ClN3O/c1-11(12-3-2-8-17-9-12)18-10-15(20)19-14-6-4-13(16)5-7-14/h2-9,11,18H,10H2,1H3,(H,19,20). The lowest BCUT2D eigenvalue weighted by Crippen LogP contribution is -2.30. The van der Waals surface area contributed by atoms with E-state index < -0.39 is 0 Å². The summed E-state index contributed by atoms with van der Waals surface area (Å²) in [4.78, 5) is 15.9. The van der Waals surface area contributed by atoms with Crippen molar-refractivity contribution in [2.45, 2.75) is 13.0 Å². The first kappa shape index (κ1) is 14.5. The number of nitrogens with zero attached hydrogens (tertiary/aromatic N) is 1. The molecule has 0 spiro atoms. The third kappa shape index (κ3) is 4.33. The number of pyridine rings is 1. The number of rotatable bonds is 5. The molecule has 0 saturated heterocycles. The SMILES string of the molecule is CC(NCC(=O)Nc1ccc(Cl)cc1)c1cccnc1. The highest BCUT2D eigenvalue weighted by molar-refractivity contribution is 6.30. The van der Waals surface area contributed by atoms with Crippen LogP contribution in [0.25, 0.3) is 0 Å². The molecule has 2 aromatic rings. The van der Waals surface area contributed by atoms with E-state index in [0.29, 0.717) is 5.02 Å². The van der Waals surface area contributed by atoms with Crippen LogP contribution in [0.4, 0.5) is 5.69 Å². The van der Waals surface area contributed by atoms with Gasteiger partial charge in [-0.3, -0.25) is 9.78 Å². The van der Waals surface area contributed by atoms with E-state index in [2.05, 4.69) is 15.6 Å². The topological polar surface area (TPSA) is 54.0 Å². The molecule has 0 fully saturated rings. The molecule has 1 unspecified atom stereocenters. The fourth-order valence-electron chi connectivity index (χ4n) is 1.73. The molecule has 1 amide bonds. The van der Waals surface area contributed by atoms with Crippen LogP contribution in [-0.4, -0.2) is 17.4 Å². The Bertz CT molecular complexity index is 557. The normalized spacial score (nSPS) is 11.9. The van der Waals surface area contributed by atoms with Crippen molar-refractivity contribution in [3.05, 3.63) is 59.4 Å². The summed E-state index contributed by atoms with van der Waals surface area (Å²) < 4.78 is 0. The molecule has 0 aliphatic heterocycles. The molecule has 0 aliphatic carbocycles. The third-order valence-corrected chi connectivity index (χ3v) is 3.13. The number of amides is 1. The van der Waals surface area contributed by atoms with Gasteiger partial charge in [-0.1, -0.05) is 17.7 Å². The highest BCUT2D eigenvalue weighted by Gasteiger charge is 2.07. The number of nitrogens with one attached hydrogen (secondary N) is 2. The molecule has 0 saturated carbocycles. The van der Waals surface area contributed by atoms with Gasteiger partial charge in [-0.25, -0.2) is 0 Å². The fraction of sp³-hybridized carbons (Fsp3) is 0.200. The Hall–Kier alpha value is -1.91. The number of halogens is 1. The van der Waals surface area contributed by atoms with Crippen molar-refractivity contribution in [2.75, 3.05) is 11.9 Å². The maximum absolute atomic E-state index is 11.8. The van der Waals surface area contributed by atoms with Gasteiger partial charge in [0.2, 0.25) is 5.91 Å². The molecule has 1 aromatic heterocycles. The van der Waals surface area contributed by atoms with Gasteiger partial charge in [-0.2, -0.15) is 0 Å². The number of carbonyl (C=O) groups is 1. The maximum atomic E-state index is 11.8. The number of carbonyl (C=O) groups excluding carboxylic acids is 1. The Morgan fingerprint density at radius 2 is 2.05 bits per heavy atom. The van der Waals surface area contributed by atoms with Gasteiger partial charge in [-0.05, 0) is 42.8 Å². The van der Waals surface area contributed by atoms with Crippen LogP contribution < -0.4 is 10.6 Å². The number of hydrogen-bond donors (Lipinski definition) is 2. The Balaban J connectivity index is 1.82. The van der Waals surface area contributed by atoms with Crippen LogP contribution in [0.15, 0.2) is 48.8 Å². The van der Waals surface area contributed by atoms with Crippen LogP contribution in [-0.2, 0) is 4.79 Å². The van der Waals surface area contributed by atoms with Gasteiger partial charge in [-0.15, -0.1) is 0 Å². The number of anilines is 1. The molecule has 2 N–H and O–H groups in total. The average molecular weight is 290 g/mol. The van der Waals surface area contributed by atoms with Gasteiger partial charge in [0.1, 0.15) is 0 Å². The van der Waals surface area contributed by atoms with Crippen molar-refractivity contribution >= 4 is 23.2 Å². The number of hydrogen-bond acceptors (Lipinski definition) is 3. The molecule has 20 heavy (non-hydrogen) atoms. The van der Waals surface area contributed by atoms with E-state index in [1.54, 1.807) is 36.7 Å². The molecule has 1 heterocycles. The van der Waals surface area contributed by atoms with Crippen molar-refractivity contribution in [3.63, 3.8) is 0 Å². The molecule has 4 nitrogen and oxygen atoms in total. The van der Waals surface area contributed by atoms with E-state index in [1.165, 1.54) is 0 Å². The molecule has 2 rings (SSSR count). The number of aromatic nitrogens is 1. The lowest BCUT2D eigenvalue weighted by Gasteiger charge is -2.13. The summed E-state index contributed by atoms with van der Waals surface area (Å²) >= 11 is 5.79. The van der Waals surface area contributed by atoms with Crippen molar-refractivity contribution in [1.29, 1.82) is 0 Å². The minimum absolute atomic E-state index is 0.0691. The van der Waals surface area contributed by atoms with Gasteiger partial charge in [0.25, 0.3) is 0 Å². The summed E-state index contributed by atoms with van der Waals surface area (Å²) in [5, 5.41) is 6.60. The lowest BCUT2D eigenvalue weighted by molar-refractivity contribution is -0.115. The van der Waals surface area contributed by atoms with E-state index in [0.717, 1.165) is 11.3 Å². The summed E-state index contributed by atoms with van der Waals surface area (Å²) in [5.74, 6) is -0.0944. The first-order valence-electron chi connectivity index (χ1n) is 6.34. The van der Waals surface area contributed by atoms with E-state index in [1.807, 2.05) is 19.1 Å². The molecular weight excluding hydrogens is 274 g/mol. The van der Waals surface area contributed by atoms with Crippen LogP contribution in [0.5, 0.6) is 0 Å². The summed E-state index contributed by atoms with van der Waals surface area (Å²) in [6.45, 7) is 2.23. The second kappa shape index (κ2) is 7.03. The predicted molar refractivity (Wildman–Crippen MR) is 80.7 cm³/mol. The Kier molecular flexibility index (Phi) is 5.09. The van der Waals surface area contributed by atoms with Gasteiger partial charge < -0.3 is 10.6 Å². The molecule has 5 heteroatoms. The molecule has 1 atom stereocenters. The zero-order valence-corrected chi connectivity index (χ0v) is 11.9. The molecule has 0 radical (unpaired) electrons. The first-order chi connectivity index (χ1) is 9.65. The zero-order valence-electron chi connectivity index (χ0n) is 11.1. The lowest BCUT2D eigenvalue weighted by atomic mass is 10.1. The summed E-state index contributed by atoms with van der Waals surface area (Å²) in [7, 11) is 0. The monoisotopic (exact) mass is 289 g/mol. The fourth-order valence-corrected chi connectivity index (χ4v) is 1.86. The Morgan fingerprint density at radius 1 is 1.30 bits per heavy atom. The highest BCUT2D eigenvalue weighted by Crippen LogP contribution is 2.13. The van der Waals surface area contributed by atoms with Crippen LogP contribution in [0.1, 0.15) is 18.5 Å². The van der Waals surface area contributed by atoms with Gasteiger partial charge in [0.05, 0.1) is 6.54 Å². The second-order valence-electron chi connectivity index (χ2n) is 4.44. The van der Waals surface area contributed by atoms with Crippen LogP contribution in [0.2, 0.25) is 5.02 Å². The van der Waals surface area contributed by atoms with Crippen molar-refractivity contribution in [2.24, 2.45) is 0 Å². The molecular formula is C15H16ClN3O. The van der Waals surface area contributed by atoms with Crippen LogP contribution in [0.3, 0.4) is 0 Å². The average Bonchev–Trinajstić information content (AvgIpc) is 2.48. The molecule has 104 valence electrons. The molecule has 0 aliphatic rings. The van der Waals surface area contributed by atoms with Crippen LogP contribution >= 0.6 is 11.6 Å². The molecule has 1 aromatic carbocycles. The minimum atomic E-state index is -0.0944. The van der Waals surface area contributed by atoms with Crippen molar-refractivity contribution in [3.8, 4) is 0 Å². The van der Waals surface area contributed by atoms with E-state index in [9.17, 15) is 4.79 Å². The Morgan fingerprint density at radius 3 is 2.70 bits per heavy atom. The van der Waals surface area contributed by atoms with Crippen LogP contribution in [0, 0.1) is 0 Å². The maximum Gasteiger partial charge on any atom is 0.238 e. The van der Waals surface area contributed by atoms with E-state index in [4.69, 9.17) is 11.6 Å². The summed E-state index contributed by atoms with van der Waals surface area (Å²) in [5.41, 5.74) is 1.78.